The SMILES string of the molecule is O=COCc1ccc(Sc2ccccc2)cc1. The van der Waals surface area contributed by atoms with Crippen molar-refractivity contribution in [3.8, 4) is 0 Å². The first kappa shape index (κ1) is 11.7. The van der Waals surface area contributed by atoms with Gasteiger partial charge >= 0.3 is 0 Å². The van der Waals surface area contributed by atoms with Gasteiger partial charge in [-0.15, -0.1) is 0 Å². The van der Waals surface area contributed by atoms with E-state index >= 15 is 0 Å². The number of carbonyl (C=O) groups is 1. The minimum Gasteiger partial charge on any atom is -0.463 e. The van der Waals surface area contributed by atoms with Gasteiger partial charge in [0.2, 0.25) is 0 Å². The van der Waals surface area contributed by atoms with E-state index in [0.29, 0.717) is 13.1 Å². The highest BCUT2D eigenvalue weighted by atomic mass is 32.2. The van der Waals surface area contributed by atoms with Gasteiger partial charge in [-0.05, 0) is 29.8 Å². The van der Waals surface area contributed by atoms with Crippen LogP contribution in [0.3, 0.4) is 0 Å². The molecule has 2 nitrogen and oxygen atoms in total. The van der Waals surface area contributed by atoms with Crippen molar-refractivity contribution in [2.45, 2.75) is 16.4 Å². The molecule has 0 bridgehead atoms. The van der Waals surface area contributed by atoms with E-state index in [1.807, 2.05) is 42.5 Å². The number of benzene rings is 2. The monoisotopic (exact) mass is 244 g/mol. The van der Waals surface area contributed by atoms with Crippen molar-refractivity contribution in [3.63, 3.8) is 0 Å². The lowest BCUT2D eigenvalue weighted by molar-refractivity contribution is -0.129. The molecule has 17 heavy (non-hydrogen) atoms. The van der Waals surface area contributed by atoms with Crippen LogP contribution in [-0.4, -0.2) is 6.47 Å². The summed E-state index contributed by atoms with van der Waals surface area (Å²) in [5.41, 5.74) is 0.995. The molecule has 0 N–H and O–H groups in total. The van der Waals surface area contributed by atoms with Gasteiger partial charge in [0.15, 0.2) is 0 Å². The first-order valence-electron chi connectivity index (χ1n) is 5.25. The van der Waals surface area contributed by atoms with Crippen LogP contribution in [0.4, 0.5) is 0 Å². The average molecular weight is 244 g/mol. The van der Waals surface area contributed by atoms with E-state index in [0.717, 1.165) is 5.56 Å². The Labute approximate surface area is 105 Å². The zero-order valence-electron chi connectivity index (χ0n) is 9.21. The molecule has 0 aliphatic carbocycles. The second-order valence-corrected chi connectivity index (χ2v) is 4.61. The number of rotatable bonds is 5. The number of ether oxygens (including phenoxy) is 1. The van der Waals surface area contributed by atoms with E-state index in [2.05, 4.69) is 12.1 Å². The molecule has 0 aliphatic heterocycles. The van der Waals surface area contributed by atoms with Crippen LogP contribution < -0.4 is 0 Å². The fraction of sp³-hybridized carbons (Fsp3) is 0.0714. The Balaban J connectivity index is 2.01. The molecular formula is C14H12O2S. The van der Waals surface area contributed by atoms with Gasteiger partial charge in [0.1, 0.15) is 6.61 Å². The fourth-order valence-corrected chi connectivity index (χ4v) is 2.25. The lowest BCUT2D eigenvalue weighted by atomic mass is 10.2. The van der Waals surface area contributed by atoms with Crippen LogP contribution in [0.25, 0.3) is 0 Å². The number of carbonyl (C=O) groups excluding carboxylic acids is 1. The third-order valence-corrected chi connectivity index (χ3v) is 3.24. The maximum atomic E-state index is 10.1. The van der Waals surface area contributed by atoms with E-state index in [1.54, 1.807) is 11.8 Å². The molecule has 0 fully saturated rings. The normalized spacial score (nSPS) is 9.88. The second-order valence-electron chi connectivity index (χ2n) is 3.47. The topological polar surface area (TPSA) is 26.3 Å². The molecule has 2 rings (SSSR count). The Morgan fingerprint density at radius 3 is 2.24 bits per heavy atom. The standard InChI is InChI=1S/C14H12O2S/c15-11-16-10-12-6-8-14(9-7-12)17-13-4-2-1-3-5-13/h1-9,11H,10H2. The van der Waals surface area contributed by atoms with E-state index in [9.17, 15) is 4.79 Å². The molecule has 86 valence electrons. The lowest BCUT2D eigenvalue weighted by Gasteiger charge is -2.03. The molecule has 0 spiro atoms. The minimum absolute atomic E-state index is 0.333. The highest BCUT2D eigenvalue weighted by molar-refractivity contribution is 7.99. The Morgan fingerprint density at radius 2 is 1.59 bits per heavy atom. The molecule has 0 saturated carbocycles. The van der Waals surface area contributed by atoms with Crippen LogP contribution in [0.1, 0.15) is 5.56 Å². The van der Waals surface area contributed by atoms with Gasteiger partial charge in [0.05, 0.1) is 0 Å². The summed E-state index contributed by atoms with van der Waals surface area (Å²) < 4.78 is 4.69. The number of hydrogen-bond acceptors (Lipinski definition) is 3. The molecule has 0 amide bonds. The second kappa shape index (κ2) is 6.11. The van der Waals surface area contributed by atoms with Crippen LogP contribution in [0.15, 0.2) is 64.4 Å². The van der Waals surface area contributed by atoms with Crippen LogP contribution in [0, 0.1) is 0 Å². The average Bonchev–Trinajstić information content (AvgIpc) is 2.39. The van der Waals surface area contributed by atoms with Gasteiger partial charge < -0.3 is 4.74 Å². The molecule has 0 atom stereocenters. The van der Waals surface area contributed by atoms with Crippen LogP contribution in [0.5, 0.6) is 0 Å². The Hall–Kier alpha value is -1.74. The molecule has 0 unspecified atom stereocenters. The predicted molar refractivity (Wildman–Crippen MR) is 67.9 cm³/mol. The van der Waals surface area contributed by atoms with Crippen molar-refractivity contribution in [1.29, 1.82) is 0 Å². The highest BCUT2D eigenvalue weighted by Crippen LogP contribution is 2.27. The largest absolute Gasteiger partial charge is 0.463 e. The summed E-state index contributed by atoms with van der Waals surface area (Å²) in [6, 6.07) is 18.2. The molecule has 2 aromatic rings. The maximum Gasteiger partial charge on any atom is 0.293 e. The summed E-state index contributed by atoms with van der Waals surface area (Å²) in [7, 11) is 0. The molecule has 0 saturated heterocycles. The van der Waals surface area contributed by atoms with E-state index in [4.69, 9.17) is 4.74 Å². The summed E-state index contributed by atoms with van der Waals surface area (Å²) in [5.74, 6) is 0. The maximum absolute atomic E-state index is 10.1. The number of hydrogen-bond donors (Lipinski definition) is 0. The van der Waals surface area contributed by atoms with Gasteiger partial charge in [0, 0.05) is 9.79 Å². The Bertz CT molecular complexity index is 465. The lowest BCUT2D eigenvalue weighted by Crippen LogP contribution is -1.89. The Kier molecular flexibility index (Phi) is 4.22. The zero-order valence-corrected chi connectivity index (χ0v) is 10.0. The zero-order chi connectivity index (χ0) is 11.9. The molecule has 0 aliphatic rings. The van der Waals surface area contributed by atoms with Crippen molar-refractivity contribution < 1.29 is 9.53 Å². The van der Waals surface area contributed by atoms with Crippen LogP contribution in [0.2, 0.25) is 0 Å². The van der Waals surface area contributed by atoms with E-state index in [-0.39, 0.29) is 0 Å². The first-order chi connectivity index (χ1) is 8.38. The summed E-state index contributed by atoms with van der Waals surface area (Å²) >= 11 is 1.71. The van der Waals surface area contributed by atoms with Gasteiger partial charge in [-0.3, -0.25) is 4.79 Å². The first-order valence-corrected chi connectivity index (χ1v) is 6.07. The smallest absolute Gasteiger partial charge is 0.293 e. The molecular weight excluding hydrogens is 232 g/mol. The third kappa shape index (κ3) is 3.64. The summed E-state index contributed by atoms with van der Waals surface area (Å²) in [6.45, 7) is 0.798. The Morgan fingerprint density at radius 1 is 0.941 bits per heavy atom. The quantitative estimate of drug-likeness (QED) is 0.753. The van der Waals surface area contributed by atoms with E-state index < -0.39 is 0 Å². The van der Waals surface area contributed by atoms with Crippen molar-refractivity contribution in [3.05, 3.63) is 60.2 Å². The van der Waals surface area contributed by atoms with Crippen molar-refractivity contribution >= 4 is 18.2 Å². The summed E-state index contributed by atoms with van der Waals surface area (Å²) in [4.78, 5) is 12.4. The molecule has 3 heteroatoms. The third-order valence-electron chi connectivity index (χ3n) is 2.22. The highest BCUT2D eigenvalue weighted by Gasteiger charge is 1.97. The van der Waals surface area contributed by atoms with E-state index in [1.165, 1.54) is 9.79 Å². The van der Waals surface area contributed by atoms with Gasteiger partial charge in [0.25, 0.3) is 6.47 Å². The van der Waals surface area contributed by atoms with Crippen molar-refractivity contribution in [2.24, 2.45) is 0 Å². The van der Waals surface area contributed by atoms with Crippen molar-refractivity contribution in [2.75, 3.05) is 0 Å². The minimum atomic E-state index is 0.333. The van der Waals surface area contributed by atoms with Gasteiger partial charge in [-0.25, -0.2) is 0 Å². The fourth-order valence-electron chi connectivity index (χ4n) is 1.41. The molecule has 0 radical (unpaired) electrons. The molecule has 0 heterocycles. The van der Waals surface area contributed by atoms with Crippen LogP contribution >= 0.6 is 11.8 Å². The summed E-state index contributed by atoms with van der Waals surface area (Å²) in [5, 5.41) is 0. The molecule has 2 aromatic carbocycles. The molecule has 0 aromatic heterocycles. The summed E-state index contributed by atoms with van der Waals surface area (Å²) in [6.07, 6.45) is 0. The predicted octanol–water partition coefficient (Wildman–Crippen LogP) is 3.51. The van der Waals surface area contributed by atoms with Gasteiger partial charge in [-0.2, -0.15) is 0 Å². The van der Waals surface area contributed by atoms with Crippen LogP contribution in [-0.2, 0) is 16.1 Å². The van der Waals surface area contributed by atoms with Gasteiger partial charge in [-0.1, -0.05) is 42.1 Å². The van der Waals surface area contributed by atoms with Crippen molar-refractivity contribution in [1.82, 2.24) is 0 Å².